The summed E-state index contributed by atoms with van der Waals surface area (Å²) in [6.45, 7) is 1.88. The van der Waals surface area contributed by atoms with Gasteiger partial charge in [0.15, 0.2) is 5.58 Å². The molecule has 2 nitrogen and oxygen atoms in total. The van der Waals surface area contributed by atoms with Crippen LogP contribution in [-0.4, -0.2) is 4.98 Å². The minimum absolute atomic E-state index is 0.444. The number of aromatic nitrogens is 1. The van der Waals surface area contributed by atoms with Crippen molar-refractivity contribution in [3.8, 4) is 22.6 Å². The molecule has 0 aliphatic heterocycles. The number of alkyl halides is 3. The van der Waals surface area contributed by atoms with E-state index >= 15 is 0 Å². The first-order chi connectivity index (χ1) is 12.4. The van der Waals surface area contributed by atoms with Crippen LogP contribution in [0.15, 0.2) is 71.1 Å². The number of halogens is 3. The van der Waals surface area contributed by atoms with Crippen molar-refractivity contribution in [3.05, 3.63) is 77.9 Å². The molecule has 0 bridgehead atoms. The molecule has 5 heteroatoms. The minimum atomic E-state index is -4.39. The van der Waals surface area contributed by atoms with Crippen molar-refractivity contribution >= 4 is 11.1 Å². The molecule has 0 fully saturated rings. The van der Waals surface area contributed by atoms with Crippen molar-refractivity contribution in [1.29, 1.82) is 0 Å². The van der Waals surface area contributed by atoms with Gasteiger partial charge in [-0.3, -0.25) is 0 Å². The van der Waals surface area contributed by atoms with Crippen LogP contribution in [0.25, 0.3) is 33.7 Å². The van der Waals surface area contributed by atoms with Crippen LogP contribution in [0.1, 0.15) is 11.1 Å². The van der Waals surface area contributed by atoms with Crippen LogP contribution in [-0.2, 0) is 6.18 Å². The predicted molar refractivity (Wildman–Crippen MR) is 94.6 cm³/mol. The molecule has 1 heterocycles. The van der Waals surface area contributed by atoms with Crippen molar-refractivity contribution in [1.82, 2.24) is 4.98 Å². The second kappa shape index (κ2) is 6.02. The van der Waals surface area contributed by atoms with Crippen LogP contribution in [0.3, 0.4) is 0 Å². The number of nitrogens with zero attached hydrogens (tertiary/aromatic N) is 1. The van der Waals surface area contributed by atoms with Crippen LogP contribution < -0.4 is 0 Å². The molecule has 0 radical (unpaired) electrons. The Morgan fingerprint density at radius 3 is 2.31 bits per heavy atom. The molecule has 130 valence electrons. The number of hydrogen-bond donors (Lipinski definition) is 0. The summed E-state index contributed by atoms with van der Waals surface area (Å²) in [6, 6.07) is 18.3. The fraction of sp³-hybridized carbons (Fsp3) is 0.0952. The lowest BCUT2D eigenvalue weighted by molar-refractivity contribution is -0.137. The molecule has 4 aromatic rings. The summed E-state index contributed by atoms with van der Waals surface area (Å²) in [7, 11) is 0. The molecule has 3 aromatic carbocycles. The molecule has 26 heavy (non-hydrogen) atoms. The van der Waals surface area contributed by atoms with Crippen molar-refractivity contribution in [2.24, 2.45) is 0 Å². The molecule has 0 unspecified atom stereocenters. The highest BCUT2D eigenvalue weighted by molar-refractivity contribution is 5.92. The van der Waals surface area contributed by atoms with E-state index in [-0.39, 0.29) is 0 Å². The maximum absolute atomic E-state index is 13.1. The summed E-state index contributed by atoms with van der Waals surface area (Å²) in [5.41, 5.74) is 3.18. The van der Waals surface area contributed by atoms with Crippen LogP contribution >= 0.6 is 0 Å². The first-order valence-electron chi connectivity index (χ1n) is 8.06. The second-order valence-corrected chi connectivity index (χ2v) is 6.12. The summed E-state index contributed by atoms with van der Waals surface area (Å²) >= 11 is 0. The monoisotopic (exact) mass is 353 g/mol. The Kier molecular flexibility index (Phi) is 3.80. The summed E-state index contributed by atoms with van der Waals surface area (Å²) in [5.74, 6) is 0.444. The fourth-order valence-corrected chi connectivity index (χ4v) is 2.95. The molecule has 0 amide bonds. The smallest absolute Gasteiger partial charge is 0.416 e. The molecule has 0 N–H and O–H groups in total. The van der Waals surface area contributed by atoms with Gasteiger partial charge in [0.05, 0.1) is 5.56 Å². The van der Waals surface area contributed by atoms with E-state index in [1.165, 1.54) is 6.07 Å². The van der Waals surface area contributed by atoms with Gasteiger partial charge in [0.1, 0.15) is 5.52 Å². The molecule has 0 saturated heterocycles. The molecule has 0 saturated carbocycles. The maximum Gasteiger partial charge on any atom is 0.416 e. The molecular formula is C21H14F3NO. The van der Waals surface area contributed by atoms with Gasteiger partial charge in [0.25, 0.3) is 0 Å². The number of benzene rings is 3. The van der Waals surface area contributed by atoms with Gasteiger partial charge in [-0.05, 0) is 54.4 Å². The van der Waals surface area contributed by atoms with E-state index in [1.54, 1.807) is 6.07 Å². The van der Waals surface area contributed by atoms with Gasteiger partial charge in [0.2, 0.25) is 5.89 Å². The second-order valence-electron chi connectivity index (χ2n) is 6.12. The van der Waals surface area contributed by atoms with E-state index < -0.39 is 11.7 Å². The van der Waals surface area contributed by atoms with E-state index in [1.807, 2.05) is 49.4 Å². The van der Waals surface area contributed by atoms with Crippen molar-refractivity contribution in [2.75, 3.05) is 0 Å². The van der Waals surface area contributed by atoms with E-state index in [2.05, 4.69) is 4.98 Å². The first kappa shape index (κ1) is 16.4. The van der Waals surface area contributed by atoms with Crippen LogP contribution in [0.2, 0.25) is 0 Å². The number of oxazole rings is 1. The average molecular weight is 353 g/mol. The quantitative estimate of drug-likeness (QED) is 0.412. The predicted octanol–water partition coefficient (Wildman–Crippen LogP) is 6.49. The molecule has 0 aliphatic rings. The highest BCUT2D eigenvalue weighted by atomic mass is 19.4. The van der Waals surface area contributed by atoms with Crippen LogP contribution in [0, 0.1) is 6.92 Å². The zero-order valence-corrected chi connectivity index (χ0v) is 13.8. The topological polar surface area (TPSA) is 26.0 Å². The lowest BCUT2D eigenvalue weighted by Crippen LogP contribution is -2.04. The Balaban J connectivity index is 1.92. The average Bonchev–Trinajstić information content (AvgIpc) is 3.05. The number of hydrogen-bond acceptors (Lipinski definition) is 2. The third kappa shape index (κ3) is 2.96. The minimum Gasteiger partial charge on any atom is -0.435 e. The molecule has 0 spiro atoms. The number of fused-ring (bicyclic) bond motifs is 1. The molecule has 0 aliphatic carbocycles. The largest absolute Gasteiger partial charge is 0.435 e. The summed E-state index contributed by atoms with van der Waals surface area (Å²) in [5, 5.41) is 0. The van der Waals surface area contributed by atoms with Gasteiger partial charge < -0.3 is 4.42 Å². The van der Waals surface area contributed by atoms with E-state index in [4.69, 9.17) is 4.42 Å². The summed E-state index contributed by atoms with van der Waals surface area (Å²) < 4.78 is 45.1. The third-order valence-electron chi connectivity index (χ3n) is 4.16. The highest BCUT2D eigenvalue weighted by Crippen LogP contribution is 2.36. The zero-order valence-electron chi connectivity index (χ0n) is 13.8. The molecule has 4 rings (SSSR count). The van der Waals surface area contributed by atoms with Crippen LogP contribution in [0.5, 0.6) is 0 Å². The Morgan fingerprint density at radius 2 is 1.58 bits per heavy atom. The normalized spacial score (nSPS) is 11.8. The van der Waals surface area contributed by atoms with Gasteiger partial charge in [-0.2, -0.15) is 13.2 Å². The van der Waals surface area contributed by atoms with Crippen molar-refractivity contribution in [3.63, 3.8) is 0 Å². The van der Waals surface area contributed by atoms with Gasteiger partial charge in [-0.1, -0.05) is 30.3 Å². The standard InChI is InChI=1S/C21H14F3NO/c1-13-10-17(15-8-5-9-16(12-15)21(22,23)24)19-18(11-13)25-20(26-19)14-6-3-2-4-7-14/h2-12H,1H3. The SMILES string of the molecule is Cc1cc(-c2cccc(C(F)(F)F)c2)c2oc(-c3ccccc3)nc2c1. The number of rotatable bonds is 2. The lowest BCUT2D eigenvalue weighted by atomic mass is 10.00. The Bertz CT molecular complexity index is 1080. The summed E-state index contributed by atoms with van der Waals surface area (Å²) in [6.07, 6.45) is -4.39. The Morgan fingerprint density at radius 1 is 0.846 bits per heavy atom. The lowest BCUT2D eigenvalue weighted by Gasteiger charge is -2.09. The molecule has 0 atom stereocenters. The van der Waals surface area contributed by atoms with E-state index in [0.29, 0.717) is 28.1 Å². The van der Waals surface area contributed by atoms with E-state index in [0.717, 1.165) is 23.3 Å². The highest BCUT2D eigenvalue weighted by Gasteiger charge is 2.30. The van der Waals surface area contributed by atoms with Gasteiger partial charge in [-0.25, -0.2) is 4.98 Å². The van der Waals surface area contributed by atoms with Crippen molar-refractivity contribution in [2.45, 2.75) is 13.1 Å². The van der Waals surface area contributed by atoms with Gasteiger partial charge >= 0.3 is 6.18 Å². The molecule has 1 aromatic heterocycles. The van der Waals surface area contributed by atoms with Gasteiger partial charge in [0, 0.05) is 11.1 Å². The number of aryl methyl sites for hydroxylation is 1. The van der Waals surface area contributed by atoms with Crippen molar-refractivity contribution < 1.29 is 17.6 Å². The third-order valence-corrected chi connectivity index (χ3v) is 4.16. The van der Waals surface area contributed by atoms with Crippen LogP contribution in [0.4, 0.5) is 13.2 Å². The summed E-state index contributed by atoms with van der Waals surface area (Å²) in [4.78, 5) is 4.51. The maximum atomic E-state index is 13.1. The Labute approximate surface area is 147 Å². The van der Waals surface area contributed by atoms with E-state index in [9.17, 15) is 13.2 Å². The zero-order chi connectivity index (χ0) is 18.3. The molecular weight excluding hydrogens is 339 g/mol. The Hall–Kier alpha value is -3.08. The van der Waals surface area contributed by atoms with Gasteiger partial charge in [-0.15, -0.1) is 0 Å². The first-order valence-corrected chi connectivity index (χ1v) is 8.06. The fourth-order valence-electron chi connectivity index (χ4n) is 2.95.